The van der Waals surface area contributed by atoms with E-state index in [0.717, 1.165) is 17.0 Å². The molecule has 0 bridgehead atoms. The average molecular weight is 285 g/mol. The molecule has 2 rings (SSSR count). The van der Waals surface area contributed by atoms with E-state index in [9.17, 15) is 9.59 Å². The van der Waals surface area contributed by atoms with E-state index >= 15 is 0 Å². The van der Waals surface area contributed by atoms with Gasteiger partial charge < -0.3 is 15.6 Å². The molecular weight excluding hydrogens is 270 g/mol. The zero-order chi connectivity index (χ0) is 13.1. The molecular formula is C11H15N3O2S2. The van der Waals surface area contributed by atoms with E-state index in [1.165, 1.54) is 11.3 Å². The first-order valence-corrected chi connectivity index (χ1v) is 7.04. The molecule has 7 heteroatoms. The summed E-state index contributed by atoms with van der Waals surface area (Å²) < 4.78 is 0.672. The fraction of sp³-hybridized carbons (Fsp3) is 0.545. The number of hydrogen-bond acceptors (Lipinski definition) is 4. The summed E-state index contributed by atoms with van der Waals surface area (Å²) in [6, 6.07) is -0.390. The van der Waals surface area contributed by atoms with Gasteiger partial charge in [-0.1, -0.05) is 0 Å². The Kier molecular flexibility index (Phi) is 4.13. The van der Waals surface area contributed by atoms with Crippen LogP contribution in [0.3, 0.4) is 0 Å². The van der Waals surface area contributed by atoms with Crippen molar-refractivity contribution in [3.05, 3.63) is 14.5 Å². The number of aromatic nitrogens is 1. The third-order valence-electron chi connectivity index (χ3n) is 2.87. The highest BCUT2D eigenvalue weighted by molar-refractivity contribution is 7.73. The van der Waals surface area contributed by atoms with Gasteiger partial charge in [0.1, 0.15) is 6.04 Å². The minimum Gasteiger partial charge on any atom is -0.354 e. The molecule has 0 saturated carbocycles. The predicted octanol–water partition coefficient (Wildman–Crippen LogP) is 1.05. The van der Waals surface area contributed by atoms with Gasteiger partial charge >= 0.3 is 0 Å². The van der Waals surface area contributed by atoms with Gasteiger partial charge in [-0.25, -0.2) is 0 Å². The summed E-state index contributed by atoms with van der Waals surface area (Å²) in [7, 11) is 0. The fourth-order valence-electron chi connectivity index (χ4n) is 1.91. The Morgan fingerprint density at radius 1 is 1.61 bits per heavy atom. The van der Waals surface area contributed by atoms with E-state index in [2.05, 4.69) is 15.6 Å². The monoisotopic (exact) mass is 285 g/mol. The van der Waals surface area contributed by atoms with Gasteiger partial charge in [-0.3, -0.25) is 9.59 Å². The number of carbonyl (C=O) groups is 2. The average Bonchev–Trinajstić information content (AvgIpc) is 2.61. The Balaban J connectivity index is 1.94. The van der Waals surface area contributed by atoms with Crippen molar-refractivity contribution in [2.75, 3.05) is 6.54 Å². The van der Waals surface area contributed by atoms with Crippen molar-refractivity contribution < 1.29 is 9.59 Å². The minimum absolute atomic E-state index is 0.0898. The molecule has 1 fully saturated rings. The normalized spacial score (nSPS) is 19.4. The molecule has 1 aromatic heterocycles. The number of amides is 2. The van der Waals surface area contributed by atoms with E-state index in [-0.39, 0.29) is 18.2 Å². The molecule has 0 aliphatic carbocycles. The minimum atomic E-state index is -0.390. The lowest BCUT2D eigenvalue weighted by atomic mass is 10.1. The number of carbonyl (C=O) groups excluding carboxylic acids is 2. The number of H-pyrrole nitrogens is 1. The number of nitrogens with one attached hydrogen (secondary N) is 3. The van der Waals surface area contributed by atoms with Crippen LogP contribution < -0.4 is 10.6 Å². The number of aryl methyl sites for hydroxylation is 1. The highest BCUT2D eigenvalue weighted by Gasteiger charge is 2.23. The molecule has 1 aromatic rings. The van der Waals surface area contributed by atoms with Gasteiger partial charge in [0, 0.05) is 17.1 Å². The van der Waals surface area contributed by atoms with Crippen molar-refractivity contribution in [1.29, 1.82) is 0 Å². The Morgan fingerprint density at radius 2 is 2.39 bits per heavy atom. The lowest BCUT2D eigenvalue weighted by molar-refractivity contribution is -0.129. The van der Waals surface area contributed by atoms with Crippen molar-refractivity contribution >= 4 is 35.4 Å². The lowest BCUT2D eigenvalue weighted by Gasteiger charge is -2.22. The van der Waals surface area contributed by atoms with Crippen molar-refractivity contribution in [3.8, 4) is 0 Å². The van der Waals surface area contributed by atoms with Gasteiger partial charge in [-0.2, -0.15) is 0 Å². The van der Waals surface area contributed by atoms with Crippen LogP contribution in [0.1, 0.15) is 23.4 Å². The van der Waals surface area contributed by atoms with Crippen LogP contribution in [0.25, 0.3) is 0 Å². The Labute approximate surface area is 114 Å². The molecule has 98 valence electrons. The highest BCUT2D eigenvalue weighted by Crippen LogP contribution is 2.15. The first-order valence-electron chi connectivity index (χ1n) is 5.82. The van der Waals surface area contributed by atoms with Crippen LogP contribution in [0.5, 0.6) is 0 Å². The van der Waals surface area contributed by atoms with Crippen LogP contribution in [-0.4, -0.2) is 29.4 Å². The summed E-state index contributed by atoms with van der Waals surface area (Å²) in [5.74, 6) is -0.224. The van der Waals surface area contributed by atoms with Crippen molar-refractivity contribution in [1.82, 2.24) is 15.6 Å². The Morgan fingerprint density at radius 3 is 3.00 bits per heavy atom. The second kappa shape index (κ2) is 5.62. The SMILES string of the molecule is Cc1[nH]c(=S)sc1CC(=O)N[C@H]1CCCNC1=O. The zero-order valence-electron chi connectivity index (χ0n) is 10.0. The van der Waals surface area contributed by atoms with Crippen molar-refractivity contribution in [3.63, 3.8) is 0 Å². The number of aromatic amines is 1. The van der Waals surface area contributed by atoms with E-state index in [1.54, 1.807) is 0 Å². The van der Waals surface area contributed by atoms with Crippen LogP contribution in [0, 0.1) is 10.9 Å². The number of thiazole rings is 1. The van der Waals surface area contributed by atoms with Crippen LogP contribution in [-0.2, 0) is 16.0 Å². The van der Waals surface area contributed by atoms with Crippen LogP contribution in [0.2, 0.25) is 0 Å². The summed E-state index contributed by atoms with van der Waals surface area (Å²) in [5, 5.41) is 5.50. The van der Waals surface area contributed by atoms with Gasteiger partial charge in [-0.15, -0.1) is 11.3 Å². The van der Waals surface area contributed by atoms with E-state index in [1.807, 2.05) is 6.92 Å². The summed E-state index contributed by atoms with van der Waals surface area (Å²) in [4.78, 5) is 27.3. The second-order valence-corrected chi connectivity index (χ2v) is 6.06. The van der Waals surface area contributed by atoms with Crippen molar-refractivity contribution in [2.45, 2.75) is 32.2 Å². The number of piperidine rings is 1. The van der Waals surface area contributed by atoms with Gasteiger partial charge in [0.15, 0.2) is 3.95 Å². The molecule has 3 N–H and O–H groups in total. The maximum absolute atomic E-state index is 11.9. The molecule has 0 unspecified atom stereocenters. The summed E-state index contributed by atoms with van der Waals surface area (Å²) in [6.45, 7) is 2.59. The molecule has 1 aliphatic heterocycles. The van der Waals surface area contributed by atoms with Gasteiger partial charge in [-0.05, 0) is 32.0 Å². The first-order chi connectivity index (χ1) is 8.56. The maximum Gasteiger partial charge on any atom is 0.242 e. The molecule has 1 atom stereocenters. The quantitative estimate of drug-likeness (QED) is 0.727. The highest BCUT2D eigenvalue weighted by atomic mass is 32.1. The Hall–Kier alpha value is -1.21. The molecule has 1 aliphatic rings. The van der Waals surface area contributed by atoms with Crippen molar-refractivity contribution in [2.24, 2.45) is 0 Å². The third-order valence-corrected chi connectivity index (χ3v) is 4.20. The standard InChI is InChI=1S/C11H15N3O2S2/c1-6-8(18-11(17)13-6)5-9(15)14-7-3-2-4-12-10(7)16/h7H,2-5H2,1H3,(H,12,16)(H,13,17)(H,14,15)/t7-/m0/s1. The molecule has 0 spiro atoms. The summed E-state index contributed by atoms with van der Waals surface area (Å²) in [6.07, 6.45) is 1.88. The molecule has 2 heterocycles. The number of rotatable bonds is 3. The van der Waals surface area contributed by atoms with Gasteiger partial charge in [0.2, 0.25) is 11.8 Å². The second-order valence-electron chi connectivity index (χ2n) is 4.29. The molecule has 1 saturated heterocycles. The predicted molar refractivity (Wildman–Crippen MR) is 72.1 cm³/mol. The molecule has 0 aromatic carbocycles. The summed E-state index contributed by atoms with van der Waals surface area (Å²) in [5.41, 5.74) is 0.924. The third kappa shape index (κ3) is 3.17. The van der Waals surface area contributed by atoms with E-state index in [4.69, 9.17) is 12.2 Å². The molecule has 5 nitrogen and oxygen atoms in total. The fourth-order valence-corrected chi connectivity index (χ4v) is 3.20. The van der Waals surface area contributed by atoms with E-state index < -0.39 is 6.04 Å². The van der Waals surface area contributed by atoms with Gasteiger partial charge in [0.05, 0.1) is 6.42 Å². The summed E-state index contributed by atoms with van der Waals surface area (Å²) >= 11 is 6.42. The maximum atomic E-state index is 11.9. The molecule has 0 radical (unpaired) electrons. The molecule has 18 heavy (non-hydrogen) atoms. The topological polar surface area (TPSA) is 74.0 Å². The lowest BCUT2D eigenvalue weighted by Crippen LogP contribution is -2.50. The molecule has 2 amide bonds. The largest absolute Gasteiger partial charge is 0.354 e. The van der Waals surface area contributed by atoms with Crippen LogP contribution >= 0.6 is 23.6 Å². The van der Waals surface area contributed by atoms with Gasteiger partial charge in [0.25, 0.3) is 0 Å². The smallest absolute Gasteiger partial charge is 0.242 e. The van der Waals surface area contributed by atoms with E-state index in [0.29, 0.717) is 16.9 Å². The van der Waals surface area contributed by atoms with Crippen LogP contribution in [0.15, 0.2) is 0 Å². The van der Waals surface area contributed by atoms with Crippen LogP contribution in [0.4, 0.5) is 0 Å². The first kappa shape index (κ1) is 13.2. The Bertz CT molecular complexity index is 521. The zero-order valence-corrected chi connectivity index (χ0v) is 11.7. The number of hydrogen-bond donors (Lipinski definition) is 3.